The molecule has 3 nitrogen and oxygen atoms in total. The van der Waals surface area contributed by atoms with Crippen LogP contribution in [-0.2, 0) is 0 Å². The quantitative estimate of drug-likeness (QED) is 0.173. The van der Waals surface area contributed by atoms with E-state index in [0.717, 1.165) is 88.8 Å². The molecule has 11 rings (SSSR count). The summed E-state index contributed by atoms with van der Waals surface area (Å²) in [4.78, 5) is 2.39. The van der Waals surface area contributed by atoms with E-state index in [1.807, 2.05) is 24.3 Å². The summed E-state index contributed by atoms with van der Waals surface area (Å²) in [6.07, 6.45) is 0. The molecule has 0 saturated carbocycles. The van der Waals surface area contributed by atoms with Crippen LogP contribution in [0.4, 0.5) is 17.1 Å². The highest BCUT2D eigenvalue weighted by Gasteiger charge is 2.22. The number of anilines is 3. The third kappa shape index (κ3) is 5.20. The molecule has 0 spiro atoms. The summed E-state index contributed by atoms with van der Waals surface area (Å²) in [5, 5.41) is 6.88. The Morgan fingerprint density at radius 2 is 0.909 bits per heavy atom. The maximum Gasteiger partial charge on any atom is 0.137 e. The van der Waals surface area contributed by atoms with Crippen molar-refractivity contribution in [3.8, 4) is 33.4 Å². The first-order valence-corrected chi connectivity index (χ1v) is 18.7. The van der Waals surface area contributed by atoms with Gasteiger partial charge in [0.2, 0.25) is 0 Å². The molecule has 0 bridgehead atoms. The number of rotatable bonds is 6. The van der Waals surface area contributed by atoms with E-state index in [9.17, 15) is 0 Å². The van der Waals surface area contributed by atoms with Gasteiger partial charge in [-0.1, -0.05) is 146 Å². The fourth-order valence-electron chi connectivity index (χ4n) is 8.33. The molecule has 3 heteroatoms. The van der Waals surface area contributed by atoms with Crippen LogP contribution >= 0.6 is 0 Å². The number of hydrogen-bond donors (Lipinski definition) is 0. The van der Waals surface area contributed by atoms with Gasteiger partial charge in [-0.3, -0.25) is 0 Å². The molecule has 9 aromatic carbocycles. The lowest BCUT2D eigenvalue weighted by Gasteiger charge is -2.29. The van der Waals surface area contributed by atoms with Gasteiger partial charge in [-0.15, -0.1) is 0 Å². The van der Waals surface area contributed by atoms with E-state index < -0.39 is 0 Å². The number of fused-ring (bicyclic) bond motifs is 7. The van der Waals surface area contributed by atoms with Crippen LogP contribution in [0.5, 0.6) is 0 Å². The Morgan fingerprint density at radius 3 is 1.80 bits per heavy atom. The second kappa shape index (κ2) is 12.6. The van der Waals surface area contributed by atoms with Gasteiger partial charge in [0.25, 0.3) is 0 Å². The molecule has 0 aliphatic carbocycles. The van der Waals surface area contributed by atoms with E-state index in [1.54, 1.807) is 0 Å². The molecule has 0 unspecified atom stereocenters. The van der Waals surface area contributed by atoms with E-state index in [-0.39, 0.29) is 0 Å². The van der Waals surface area contributed by atoms with Gasteiger partial charge in [-0.25, -0.2) is 0 Å². The lowest BCUT2D eigenvalue weighted by atomic mass is 9.93. The van der Waals surface area contributed by atoms with Gasteiger partial charge < -0.3 is 13.7 Å². The summed E-state index contributed by atoms with van der Waals surface area (Å²) in [7, 11) is 0. The highest BCUT2D eigenvalue weighted by atomic mass is 16.3. The summed E-state index contributed by atoms with van der Waals surface area (Å²) in [5.74, 6) is 0. The van der Waals surface area contributed by atoms with Crippen molar-refractivity contribution in [1.82, 2.24) is 0 Å². The van der Waals surface area contributed by atoms with E-state index >= 15 is 0 Å². The standard InChI is InChI=1S/C52H33NO2/c1-2-13-35(14-3-1)42-29-27-37(41-22-11-16-34-15-4-5-19-40(34)41)32-47(42)53(39-28-30-45-44-20-6-8-24-48(44)55-51(45)33-39)38-18-10-17-36(31-38)43-23-12-26-50-52(43)46-21-7-9-25-49(46)54-50/h1-33H. The van der Waals surface area contributed by atoms with Gasteiger partial charge in [-0.05, 0) is 87.1 Å². The zero-order chi connectivity index (χ0) is 36.3. The lowest BCUT2D eigenvalue weighted by molar-refractivity contribution is 0.668. The van der Waals surface area contributed by atoms with Crippen molar-refractivity contribution in [3.63, 3.8) is 0 Å². The molecule has 0 amide bonds. The SMILES string of the molecule is c1ccc(-c2ccc(-c3cccc4ccccc34)cc2N(c2cccc(-c3cccc4oc5ccccc5c34)c2)c2ccc3c(c2)oc2ccccc23)cc1. The van der Waals surface area contributed by atoms with Gasteiger partial charge >= 0.3 is 0 Å². The van der Waals surface area contributed by atoms with Crippen LogP contribution in [-0.4, -0.2) is 0 Å². The molecule has 0 saturated heterocycles. The van der Waals surface area contributed by atoms with E-state index in [1.165, 1.54) is 16.3 Å². The van der Waals surface area contributed by atoms with E-state index in [4.69, 9.17) is 8.83 Å². The Balaban J connectivity index is 1.18. The van der Waals surface area contributed by atoms with Gasteiger partial charge in [0.15, 0.2) is 0 Å². The fraction of sp³-hybridized carbons (Fsp3) is 0. The largest absolute Gasteiger partial charge is 0.456 e. The minimum Gasteiger partial charge on any atom is -0.456 e. The summed E-state index contributed by atoms with van der Waals surface area (Å²) in [5.41, 5.74) is 13.4. The second-order valence-corrected chi connectivity index (χ2v) is 14.1. The Hall–Kier alpha value is -7.36. The van der Waals surface area contributed by atoms with Crippen LogP contribution in [0, 0.1) is 0 Å². The smallest absolute Gasteiger partial charge is 0.137 e. The van der Waals surface area contributed by atoms with Crippen LogP contribution in [0.15, 0.2) is 209 Å². The third-order valence-corrected chi connectivity index (χ3v) is 10.9. The van der Waals surface area contributed by atoms with Crippen molar-refractivity contribution >= 4 is 71.7 Å². The average molecular weight is 704 g/mol. The zero-order valence-electron chi connectivity index (χ0n) is 29.8. The summed E-state index contributed by atoms with van der Waals surface area (Å²) < 4.78 is 12.8. The molecule has 0 N–H and O–H groups in total. The summed E-state index contributed by atoms with van der Waals surface area (Å²) in [6.45, 7) is 0. The Kier molecular flexibility index (Phi) is 7.17. The number of furan rings is 2. The molecule has 2 aromatic heterocycles. The van der Waals surface area contributed by atoms with Crippen LogP contribution in [0.2, 0.25) is 0 Å². The summed E-state index contributed by atoms with van der Waals surface area (Å²) in [6, 6.07) is 71.1. The number of para-hydroxylation sites is 2. The van der Waals surface area contributed by atoms with Crippen molar-refractivity contribution in [2.75, 3.05) is 4.90 Å². The van der Waals surface area contributed by atoms with Crippen LogP contribution < -0.4 is 4.90 Å². The molecule has 0 atom stereocenters. The minimum atomic E-state index is 0.848. The number of nitrogens with zero attached hydrogens (tertiary/aromatic N) is 1. The first-order valence-electron chi connectivity index (χ1n) is 18.7. The molecule has 0 radical (unpaired) electrons. The van der Waals surface area contributed by atoms with Crippen molar-refractivity contribution in [1.29, 1.82) is 0 Å². The van der Waals surface area contributed by atoms with Crippen molar-refractivity contribution in [2.24, 2.45) is 0 Å². The first-order chi connectivity index (χ1) is 27.3. The molecule has 258 valence electrons. The number of hydrogen-bond acceptors (Lipinski definition) is 3. The Bertz CT molecular complexity index is 3220. The van der Waals surface area contributed by atoms with Crippen LogP contribution in [0.1, 0.15) is 0 Å². The van der Waals surface area contributed by atoms with Crippen molar-refractivity contribution < 1.29 is 8.83 Å². The predicted octanol–water partition coefficient (Wildman–Crippen LogP) is 15.1. The fourth-order valence-corrected chi connectivity index (χ4v) is 8.33. The maximum absolute atomic E-state index is 6.51. The molecule has 0 aliphatic rings. The maximum atomic E-state index is 6.51. The molecule has 2 heterocycles. The molecular weight excluding hydrogens is 671 g/mol. The van der Waals surface area contributed by atoms with Gasteiger partial charge in [-0.2, -0.15) is 0 Å². The van der Waals surface area contributed by atoms with Crippen LogP contribution in [0.25, 0.3) is 88.0 Å². The topological polar surface area (TPSA) is 29.5 Å². The van der Waals surface area contributed by atoms with E-state index in [0.29, 0.717) is 0 Å². The van der Waals surface area contributed by atoms with Crippen molar-refractivity contribution in [2.45, 2.75) is 0 Å². The van der Waals surface area contributed by atoms with E-state index in [2.05, 4.69) is 181 Å². The lowest BCUT2D eigenvalue weighted by Crippen LogP contribution is -2.11. The van der Waals surface area contributed by atoms with Crippen LogP contribution in [0.3, 0.4) is 0 Å². The highest BCUT2D eigenvalue weighted by Crippen LogP contribution is 2.46. The third-order valence-electron chi connectivity index (χ3n) is 10.9. The molecule has 55 heavy (non-hydrogen) atoms. The summed E-state index contributed by atoms with van der Waals surface area (Å²) >= 11 is 0. The average Bonchev–Trinajstić information content (AvgIpc) is 3.82. The minimum absolute atomic E-state index is 0.848. The molecule has 11 aromatic rings. The van der Waals surface area contributed by atoms with Gasteiger partial charge in [0.05, 0.1) is 5.69 Å². The number of benzene rings is 9. The predicted molar refractivity (Wildman–Crippen MR) is 229 cm³/mol. The monoisotopic (exact) mass is 703 g/mol. The normalized spacial score (nSPS) is 11.6. The second-order valence-electron chi connectivity index (χ2n) is 14.1. The van der Waals surface area contributed by atoms with Gasteiger partial charge in [0.1, 0.15) is 22.3 Å². The molecule has 0 aliphatic heterocycles. The Labute approximate surface area is 317 Å². The van der Waals surface area contributed by atoms with Gasteiger partial charge in [0, 0.05) is 44.5 Å². The molecule has 0 fully saturated rings. The first kappa shape index (κ1) is 31.2. The highest BCUT2D eigenvalue weighted by molar-refractivity contribution is 6.13. The molecular formula is C52H33NO2. The van der Waals surface area contributed by atoms with Crippen molar-refractivity contribution in [3.05, 3.63) is 200 Å². The zero-order valence-corrected chi connectivity index (χ0v) is 29.8. The Morgan fingerprint density at radius 1 is 0.309 bits per heavy atom.